The van der Waals surface area contributed by atoms with Crippen molar-refractivity contribution in [3.05, 3.63) is 76.2 Å². The normalized spacial score (nSPS) is 32.2. The number of rotatable bonds is 4. The molecule has 6 atom stereocenters. The molecule has 0 spiro atoms. The van der Waals surface area contributed by atoms with Crippen LogP contribution in [0.25, 0.3) is 10.4 Å². The minimum atomic E-state index is -1.00. The minimum Gasteiger partial charge on any atom is -0.389 e. The number of thioether (sulfide) groups is 1. The lowest BCUT2D eigenvalue weighted by atomic mass is 9.97. The monoisotopic (exact) mass is 399 g/mol. The Balaban J connectivity index is 1.53. The van der Waals surface area contributed by atoms with E-state index in [-0.39, 0.29) is 0 Å². The molecule has 2 saturated heterocycles. The molecule has 0 bridgehead atoms. The summed E-state index contributed by atoms with van der Waals surface area (Å²) in [6, 6.07) is 16.7. The number of hydrogen-bond acceptors (Lipinski definition) is 6. The fourth-order valence-corrected chi connectivity index (χ4v) is 4.46. The third-order valence-electron chi connectivity index (χ3n) is 4.86. The van der Waals surface area contributed by atoms with Gasteiger partial charge in [0, 0.05) is 15.4 Å². The second kappa shape index (κ2) is 8.53. The molecule has 1 N–H and O–H groups in total. The number of benzene rings is 2. The van der Waals surface area contributed by atoms with Gasteiger partial charge in [-0.25, -0.2) is 0 Å². The molecule has 2 fully saturated rings. The number of aliphatic hydroxyl groups is 1. The summed E-state index contributed by atoms with van der Waals surface area (Å²) in [7, 11) is 0. The summed E-state index contributed by atoms with van der Waals surface area (Å²) >= 11 is 1.40. The highest BCUT2D eigenvalue weighted by molar-refractivity contribution is 7.99. The molecule has 8 heteroatoms. The smallest absolute Gasteiger partial charge is 0.184 e. The van der Waals surface area contributed by atoms with Crippen molar-refractivity contribution < 1.29 is 19.3 Å². The summed E-state index contributed by atoms with van der Waals surface area (Å²) in [4.78, 5) is 3.90. The van der Waals surface area contributed by atoms with E-state index < -0.39 is 36.1 Å². The van der Waals surface area contributed by atoms with Gasteiger partial charge in [-0.1, -0.05) is 64.9 Å². The third-order valence-corrected chi connectivity index (χ3v) is 6.03. The Bertz CT molecular complexity index is 844. The highest BCUT2D eigenvalue weighted by Crippen LogP contribution is 2.39. The van der Waals surface area contributed by atoms with Crippen LogP contribution in [0.15, 0.2) is 64.6 Å². The molecule has 2 aliphatic heterocycles. The van der Waals surface area contributed by atoms with Crippen molar-refractivity contribution >= 4 is 11.8 Å². The van der Waals surface area contributed by atoms with E-state index in [0.29, 0.717) is 6.61 Å². The molecule has 2 aliphatic rings. The number of hydrogen-bond donors (Lipinski definition) is 1. The van der Waals surface area contributed by atoms with Gasteiger partial charge >= 0.3 is 0 Å². The molecule has 0 saturated carbocycles. The summed E-state index contributed by atoms with van der Waals surface area (Å²) in [6.07, 6.45) is -2.60. The molecule has 2 aromatic carbocycles. The van der Waals surface area contributed by atoms with Gasteiger partial charge < -0.3 is 19.3 Å². The molecule has 28 heavy (non-hydrogen) atoms. The van der Waals surface area contributed by atoms with Crippen molar-refractivity contribution in [2.75, 3.05) is 6.61 Å². The zero-order chi connectivity index (χ0) is 19.5. The van der Waals surface area contributed by atoms with Gasteiger partial charge in [0.2, 0.25) is 0 Å². The highest BCUT2D eigenvalue weighted by Gasteiger charge is 2.49. The average Bonchev–Trinajstić information content (AvgIpc) is 2.73. The van der Waals surface area contributed by atoms with Crippen LogP contribution in [0.1, 0.15) is 17.4 Å². The van der Waals surface area contributed by atoms with E-state index in [1.807, 2.05) is 61.5 Å². The van der Waals surface area contributed by atoms with Crippen LogP contribution in [0.5, 0.6) is 0 Å². The molecule has 0 aromatic heterocycles. The molecule has 0 aliphatic carbocycles. The number of ether oxygens (including phenoxy) is 3. The summed E-state index contributed by atoms with van der Waals surface area (Å²) in [5.74, 6) is 0. The molecule has 0 amide bonds. The van der Waals surface area contributed by atoms with Gasteiger partial charge in [0.1, 0.15) is 23.7 Å². The first-order chi connectivity index (χ1) is 13.7. The maximum Gasteiger partial charge on any atom is 0.184 e. The number of aryl methyl sites for hydroxylation is 1. The number of nitrogens with zero attached hydrogens (tertiary/aromatic N) is 3. The van der Waals surface area contributed by atoms with Crippen LogP contribution in [0.2, 0.25) is 0 Å². The van der Waals surface area contributed by atoms with Crippen LogP contribution in [0.4, 0.5) is 0 Å². The molecular formula is C20H21N3O4S. The summed E-state index contributed by atoms with van der Waals surface area (Å²) in [5, 5.41) is 14.7. The van der Waals surface area contributed by atoms with Gasteiger partial charge in [-0.15, -0.1) is 0 Å². The zero-order valence-electron chi connectivity index (χ0n) is 15.3. The Morgan fingerprint density at radius 3 is 2.57 bits per heavy atom. The van der Waals surface area contributed by atoms with E-state index in [2.05, 4.69) is 10.0 Å². The Hall–Kier alpha value is -2.06. The average molecular weight is 399 g/mol. The summed E-state index contributed by atoms with van der Waals surface area (Å²) < 4.78 is 18.0. The quantitative estimate of drug-likeness (QED) is 0.477. The van der Waals surface area contributed by atoms with E-state index in [4.69, 9.17) is 19.7 Å². The topological polar surface area (TPSA) is 96.7 Å². The van der Waals surface area contributed by atoms with Gasteiger partial charge in [-0.2, -0.15) is 0 Å². The molecule has 2 aromatic rings. The van der Waals surface area contributed by atoms with E-state index in [9.17, 15) is 5.11 Å². The van der Waals surface area contributed by atoms with Crippen LogP contribution in [0, 0.1) is 6.92 Å². The Morgan fingerprint density at radius 1 is 1.11 bits per heavy atom. The zero-order valence-corrected chi connectivity index (χ0v) is 16.1. The van der Waals surface area contributed by atoms with Crippen molar-refractivity contribution in [3.8, 4) is 0 Å². The maximum absolute atomic E-state index is 10.8. The lowest BCUT2D eigenvalue weighted by Gasteiger charge is -2.46. The van der Waals surface area contributed by atoms with Crippen LogP contribution >= 0.6 is 11.8 Å². The summed E-state index contributed by atoms with van der Waals surface area (Å²) in [6.45, 7) is 2.31. The molecule has 0 radical (unpaired) electrons. The Labute approximate surface area is 167 Å². The maximum atomic E-state index is 10.8. The van der Waals surface area contributed by atoms with Crippen molar-refractivity contribution in [1.29, 1.82) is 0 Å². The first-order valence-corrected chi connectivity index (χ1v) is 9.97. The van der Waals surface area contributed by atoms with Crippen LogP contribution in [0.3, 0.4) is 0 Å². The summed E-state index contributed by atoms with van der Waals surface area (Å²) in [5.41, 5.74) is 10.5. The van der Waals surface area contributed by atoms with E-state index in [1.165, 1.54) is 11.8 Å². The third kappa shape index (κ3) is 4.03. The van der Waals surface area contributed by atoms with Crippen molar-refractivity contribution in [1.82, 2.24) is 0 Å². The Morgan fingerprint density at radius 2 is 1.86 bits per heavy atom. The standard InChI is InChI=1S/C20H21N3O4S/c1-12-7-9-14(10-8-12)28-20-17(24)16(22-23-21)18-15(26-20)11-25-19(27-18)13-5-3-2-4-6-13/h2-10,15-20,24H,11H2,1H3/t15-,16-,17-,18+,19?,20+/m1/s1. The van der Waals surface area contributed by atoms with Crippen molar-refractivity contribution in [3.63, 3.8) is 0 Å². The van der Waals surface area contributed by atoms with Crippen LogP contribution in [-0.4, -0.2) is 41.5 Å². The molecule has 1 unspecified atom stereocenters. The molecule has 4 rings (SSSR count). The lowest BCUT2D eigenvalue weighted by molar-refractivity contribution is -0.297. The van der Waals surface area contributed by atoms with E-state index in [0.717, 1.165) is 16.0 Å². The fraction of sp³-hybridized carbons (Fsp3) is 0.400. The van der Waals surface area contributed by atoms with E-state index >= 15 is 0 Å². The molecular weight excluding hydrogens is 378 g/mol. The predicted molar refractivity (Wildman–Crippen MR) is 105 cm³/mol. The number of aliphatic hydroxyl groups excluding tert-OH is 1. The van der Waals surface area contributed by atoms with Crippen LogP contribution < -0.4 is 0 Å². The van der Waals surface area contributed by atoms with E-state index in [1.54, 1.807) is 0 Å². The number of azide groups is 1. The highest BCUT2D eigenvalue weighted by atomic mass is 32.2. The number of fused-ring (bicyclic) bond motifs is 1. The second-order valence-corrected chi connectivity index (χ2v) is 8.01. The molecule has 7 nitrogen and oxygen atoms in total. The Kier molecular flexibility index (Phi) is 5.87. The van der Waals surface area contributed by atoms with Gasteiger partial charge in [-0.05, 0) is 24.6 Å². The van der Waals surface area contributed by atoms with Gasteiger partial charge in [0.25, 0.3) is 0 Å². The van der Waals surface area contributed by atoms with Crippen molar-refractivity contribution in [2.24, 2.45) is 5.11 Å². The first-order valence-electron chi connectivity index (χ1n) is 9.09. The van der Waals surface area contributed by atoms with Crippen molar-refractivity contribution in [2.45, 2.75) is 47.9 Å². The molecule has 146 valence electrons. The molecule has 2 heterocycles. The predicted octanol–water partition coefficient (Wildman–Crippen LogP) is 3.97. The van der Waals surface area contributed by atoms with Gasteiger partial charge in [0.15, 0.2) is 6.29 Å². The SMILES string of the molecule is Cc1ccc(S[C@@H]2O[C@@H]3COC(c4ccccc4)O[C@@H]3[C@H](N=[N+]=[N-])[C@H]2O)cc1. The van der Waals surface area contributed by atoms with Crippen LogP contribution in [-0.2, 0) is 14.2 Å². The van der Waals surface area contributed by atoms with Gasteiger partial charge in [-0.3, -0.25) is 0 Å². The first kappa shape index (κ1) is 19.3. The second-order valence-electron chi connectivity index (χ2n) is 6.84. The largest absolute Gasteiger partial charge is 0.389 e. The fourth-order valence-electron chi connectivity index (χ4n) is 3.40. The minimum absolute atomic E-state index is 0.291. The lowest BCUT2D eigenvalue weighted by Crippen LogP contribution is -2.60. The van der Waals surface area contributed by atoms with Gasteiger partial charge in [0.05, 0.1) is 12.6 Å².